The molecular weight excluding hydrogens is 415 g/mol. The molecule has 1 amide bonds. The van der Waals surface area contributed by atoms with Crippen LogP contribution in [0.15, 0.2) is 39.4 Å². The molecule has 4 rings (SSSR count). The van der Waals surface area contributed by atoms with Crippen molar-refractivity contribution in [1.29, 1.82) is 5.26 Å². The molecule has 0 unspecified atom stereocenters. The molecule has 1 aliphatic rings. The lowest BCUT2D eigenvalue weighted by molar-refractivity contribution is -0.141. The molecule has 0 bridgehead atoms. The number of anilines is 1. The molecule has 11 heteroatoms. The standard InChI is InChI=1S/C20H16F3N5O3/c1-12-13(4-5-16(25-12)20(21,22)23)18(29)27-6-8-28(9-7-27)19-14(11-24)26-17(31-19)15-3-2-10-30-15/h2-5,10H,6-9H2,1H3. The fourth-order valence-electron chi connectivity index (χ4n) is 3.33. The van der Waals surface area contributed by atoms with Crippen molar-refractivity contribution < 1.29 is 26.8 Å². The number of piperazine rings is 1. The number of nitrogens with zero attached hydrogens (tertiary/aromatic N) is 5. The van der Waals surface area contributed by atoms with E-state index in [1.165, 1.54) is 18.1 Å². The summed E-state index contributed by atoms with van der Waals surface area (Å²) >= 11 is 0. The maximum absolute atomic E-state index is 12.8. The predicted octanol–water partition coefficient (Wildman–Crippen LogP) is 3.49. The molecule has 3 aromatic rings. The third-order valence-electron chi connectivity index (χ3n) is 4.91. The first-order chi connectivity index (χ1) is 14.8. The zero-order valence-corrected chi connectivity index (χ0v) is 16.3. The Morgan fingerprint density at radius 3 is 2.48 bits per heavy atom. The highest BCUT2D eigenvalue weighted by atomic mass is 19.4. The molecule has 1 fully saturated rings. The van der Waals surface area contributed by atoms with Gasteiger partial charge in [0.25, 0.3) is 11.8 Å². The van der Waals surface area contributed by atoms with Gasteiger partial charge in [-0.25, -0.2) is 4.98 Å². The zero-order valence-electron chi connectivity index (χ0n) is 16.3. The summed E-state index contributed by atoms with van der Waals surface area (Å²) in [6, 6.07) is 7.28. The van der Waals surface area contributed by atoms with Gasteiger partial charge in [-0.3, -0.25) is 4.79 Å². The number of carbonyl (C=O) groups is 1. The molecule has 1 aliphatic heterocycles. The van der Waals surface area contributed by atoms with Gasteiger partial charge in [0.15, 0.2) is 5.76 Å². The van der Waals surface area contributed by atoms with Crippen LogP contribution in [-0.2, 0) is 6.18 Å². The van der Waals surface area contributed by atoms with Crippen LogP contribution in [0.4, 0.5) is 19.1 Å². The van der Waals surface area contributed by atoms with Crippen LogP contribution >= 0.6 is 0 Å². The quantitative estimate of drug-likeness (QED) is 0.626. The highest BCUT2D eigenvalue weighted by Gasteiger charge is 2.34. The molecule has 31 heavy (non-hydrogen) atoms. The molecule has 0 radical (unpaired) electrons. The van der Waals surface area contributed by atoms with Crippen LogP contribution in [0.2, 0.25) is 0 Å². The number of aromatic nitrogens is 2. The zero-order chi connectivity index (χ0) is 22.2. The minimum absolute atomic E-state index is 0.0207. The second kappa shape index (κ2) is 7.79. The van der Waals surface area contributed by atoms with Crippen molar-refractivity contribution in [2.24, 2.45) is 0 Å². The Bertz CT molecular complexity index is 1140. The summed E-state index contributed by atoms with van der Waals surface area (Å²) in [6.45, 7) is 2.69. The van der Waals surface area contributed by atoms with E-state index in [4.69, 9.17) is 8.83 Å². The first-order valence-electron chi connectivity index (χ1n) is 9.32. The molecule has 0 aromatic carbocycles. The van der Waals surface area contributed by atoms with Gasteiger partial charge in [-0.1, -0.05) is 0 Å². The van der Waals surface area contributed by atoms with Gasteiger partial charge in [-0.05, 0) is 31.2 Å². The molecule has 160 valence electrons. The molecule has 3 aromatic heterocycles. The van der Waals surface area contributed by atoms with Crippen LogP contribution < -0.4 is 4.90 Å². The number of furan rings is 1. The van der Waals surface area contributed by atoms with Crippen molar-refractivity contribution in [2.75, 3.05) is 31.1 Å². The summed E-state index contributed by atoms with van der Waals surface area (Å²) in [5, 5.41) is 9.38. The van der Waals surface area contributed by atoms with Crippen molar-refractivity contribution in [2.45, 2.75) is 13.1 Å². The SMILES string of the molecule is Cc1nc(C(F)(F)F)ccc1C(=O)N1CCN(c2oc(-c3ccco3)nc2C#N)CC1. The maximum Gasteiger partial charge on any atom is 0.433 e. The fraction of sp³-hybridized carbons (Fsp3) is 0.300. The number of hydrogen-bond acceptors (Lipinski definition) is 7. The highest BCUT2D eigenvalue weighted by Crippen LogP contribution is 2.30. The summed E-state index contributed by atoms with van der Waals surface area (Å²) in [5.41, 5.74) is -0.784. The van der Waals surface area contributed by atoms with E-state index in [0.29, 0.717) is 31.9 Å². The Labute approximate surface area is 174 Å². The third-order valence-corrected chi connectivity index (χ3v) is 4.91. The van der Waals surface area contributed by atoms with Gasteiger partial charge in [0.2, 0.25) is 11.6 Å². The van der Waals surface area contributed by atoms with Crippen molar-refractivity contribution >= 4 is 11.8 Å². The number of rotatable bonds is 3. The predicted molar refractivity (Wildman–Crippen MR) is 101 cm³/mol. The van der Waals surface area contributed by atoms with Gasteiger partial charge in [0.05, 0.1) is 17.5 Å². The van der Waals surface area contributed by atoms with E-state index in [0.717, 1.165) is 12.1 Å². The van der Waals surface area contributed by atoms with Gasteiger partial charge < -0.3 is 18.6 Å². The Kier molecular flexibility index (Phi) is 5.14. The van der Waals surface area contributed by atoms with Crippen LogP contribution in [0.5, 0.6) is 0 Å². The molecule has 0 atom stereocenters. The van der Waals surface area contributed by atoms with Crippen molar-refractivity contribution in [3.8, 4) is 17.7 Å². The van der Waals surface area contributed by atoms with E-state index < -0.39 is 17.8 Å². The van der Waals surface area contributed by atoms with E-state index in [2.05, 4.69) is 9.97 Å². The molecule has 1 saturated heterocycles. The van der Waals surface area contributed by atoms with Crippen LogP contribution in [0.3, 0.4) is 0 Å². The second-order valence-corrected chi connectivity index (χ2v) is 6.87. The average molecular weight is 431 g/mol. The Morgan fingerprint density at radius 2 is 1.90 bits per heavy atom. The minimum Gasteiger partial charge on any atom is -0.459 e. The van der Waals surface area contributed by atoms with Crippen LogP contribution in [0, 0.1) is 18.3 Å². The third kappa shape index (κ3) is 3.96. The van der Waals surface area contributed by atoms with Gasteiger partial charge in [-0.15, -0.1) is 0 Å². The van der Waals surface area contributed by atoms with Gasteiger partial charge in [-0.2, -0.15) is 23.4 Å². The lowest BCUT2D eigenvalue weighted by Crippen LogP contribution is -2.49. The summed E-state index contributed by atoms with van der Waals surface area (Å²) in [4.78, 5) is 23.8. The smallest absolute Gasteiger partial charge is 0.433 e. The number of pyridine rings is 1. The summed E-state index contributed by atoms with van der Waals surface area (Å²) in [6.07, 6.45) is -3.10. The van der Waals surface area contributed by atoms with E-state index >= 15 is 0 Å². The monoisotopic (exact) mass is 431 g/mol. The molecule has 4 heterocycles. The number of oxazole rings is 1. The van der Waals surface area contributed by atoms with Gasteiger partial charge in [0, 0.05) is 26.2 Å². The first kappa shape index (κ1) is 20.5. The van der Waals surface area contributed by atoms with Crippen molar-refractivity contribution in [3.05, 3.63) is 53.2 Å². The molecule has 0 aliphatic carbocycles. The number of hydrogen-bond donors (Lipinski definition) is 0. The second-order valence-electron chi connectivity index (χ2n) is 6.87. The molecule has 8 nitrogen and oxygen atoms in total. The highest BCUT2D eigenvalue weighted by molar-refractivity contribution is 5.95. The van der Waals surface area contributed by atoms with E-state index in [9.17, 15) is 23.2 Å². The Hall–Kier alpha value is -3.81. The van der Waals surface area contributed by atoms with Gasteiger partial charge >= 0.3 is 6.18 Å². The van der Waals surface area contributed by atoms with Crippen molar-refractivity contribution in [1.82, 2.24) is 14.9 Å². The van der Waals surface area contributed by atoms with Crippen LogP contribution in [-0.4, -0.2) is 47.0 Å². The van der Waals surface area contributed by atoms with Crippen molar-refractivity contribution in [3.63, 3.8) is 0 Å². The molecular formula is C20H16F3N5O3. The van der Waals surface area contributed by atoms with Gasteiger partial charge in [0.1, 0.15) is 11.8 Å². The van der Waals surface area contributed by atoms with E-state index in [1.54, 1.807) is 17.0 Å². The number of nitriles is 1. The topological polar surface area (TPSA) is 99.4 Å². The van der Waals surface area contributed by atoms with Crippen LogP contribution in [0.25, 0.3) is 11.7 Å². The molecule has 0 saturated carbocycles. The lowest BCUT2D eigenvalue weighted by Gasteiger charge is -2.34. The summed E-state index contributed by atoms with van der Waals surface area (Å²) in [7, 11) is 0. The largest absolute Gasteiger partial charge is 0.459 e. The number of halogens is 3. The molecule has 0 spiro atoms. The fourth-order valence-corrected chi connectivity index (χ4v) is 3.33. The Morgan fingerprint density at radius 1 is 1.16 bits per heavy atom. The molecule has 0 N–H and O–H groups in total. The number of amides is 1. The van der Waals surface area contributed by atoms with E-state index in [-0.39, 0.29) is 28.7 Å². The minimum atomic E-state index is -4.57. The normalized spacial score (nSPS) is 14.5. The summed E-state index contributed by atoms with van der Waals surface area (Å²) < 4.78 is 49.4. The maximum atomic E-state index is 12.8. The average Bonchev–Trinajstić information content (AvgIpc) is 3.42. The lowest BCUT2D eigenvalue weighted by atomic mass is 10.1. The van der Waals surface area contributed by atoms with Crippen LogP contribution in [0.1, 0.15) is 27.4 Å². The summed E-state index contributed by atoms with van der Waals surface area (Å²) in [5.74, 6) is 0.462. The number of carbonyl (C=O) groups excluding carboxylic acids is 1. The number of alkyl halides is 3. The Balaban J connectivity index is 1.47. The van der Waals surface area contributed by atoms with E-state index in [1.807, 2.05) is 6.07 Å². The number of aryl methyl sites for hydroxylation is 1. The first-order valence-corrected chi connectivity index (χ1v) is 9.32.